The van der Waals surface area contributed by atoms with Gasteiger partial charge in [0.05, 0.1) is 13.7 Å². The molecule has 1 heterocycles. The summed E-state index contributed by atoms with van der Waals surface area (Å²) in [4.78, 5) is 11.3. The molecule has 2 aromatic rings. The van der Waals surface area contributed by atoms with Crippen LogP contribution >= 0.6 is 11.6 Å². The molecule has 0 radical (unpaired) electrons. The van der Waals surface area contributed by atoms with E-state index >= 15 is 0 Å². The highest BCUT2D eigenvalue weighted by Crippen LogP contribution is 2.43. The van der Waals surface area contributed by atoms with Gasteiger partial charge in [-0.1, -0.05) is 11.6 Å². The van der Waals surface area contributed by atoms with Gasteiger partial charge in [0.1, 0.15) is 5.75 Å². The lowest BCUT2D eigenvalue weighted by molar-refractivity contribution is 0.112. The van der Waals surface area contributed by atoms with Gasteiger partial charge in [-0.2, -0.15) is 0 Å². The highest BCUT2D eigenvalue weighted by atomic mass is 35.5. The van der Waals surface area contributed by atoms with Crippen LogP contribution in [0.15, 0.2) is 24.3 Å². The lowest BCUT2D eigenvalue weighted by Gasteiger charge is -2.14. The quantitative estimate of drug-likeness (QED) is 0.807. The zero-order valence-corrected chi connectivity index (χ0v) is 12.0. The third-order valence-electron chi connectivity index (χ3n) is 3.56. The minimum absolute atomic E-state index is 0.0724. The third kappa shape index (κ3) is 2.16. The molecule has 0 bridgehead atoms. The standard InChI is InChI=1S/C16H12ClFO3/c1-20-13-4-2-9(8-19)14(16(13)18)15-10-6-7-21-12(10)5-3-11(15)17/h2-5,8H,6-7H2,1H3. The third-order valence-corrected chi connectivity index (χ3v) is 3.88. The molecule has 0 aliphatic carbocycles. The van der Waals surface area contributed by atoms with Crippen LogP contribution < -0.4 is 9.47 Å². The van der Waals surface area contributed by atoms with Gasteiger partial charge in [-0.15, -0.1) is 0 Å². The fourth-order valence-electron chi connectivity index (χ4n) is 2.60. The lowest BCUT2D eigenvalue weighted by atomic mass is 9.93. The molecule has 2 aromatic carbocycles. The maximum absolute atomic E-state index is 14.7. The molecule has 0 unspecified atom stereocenters. The summed E-state index contributed by atoms with van der Waals surface area (Å²) in [5, 5.41) is 0.384. The van der Waals surface area contributed by atoms with Gasteiger partial charge in [0, 0.05) is 33.7 Å². The SMILES string of the molecule is COc1ccc(C=O)c(-c2c(Cl)ccc3c2CCO3)c1F. The Bertz CT molecular complexity index is 728. The molecule has 1 aliphatic rings. The molecule has 0 spiro atoms. The van der Waals surface area contributed by atoms with E-state index in [1.807, 2.05) is 0 Å². The first-order chi connectivity index (χ1) is 10.2. The van der Waals surface area contributed by atoms with Crippen molar-refractivity contribution in [3.05, 3.63) is 46.2 Å². The molecule has 108 valence electrons. The van der Waals surface area contributed by atoms with E-state index in [4.69, 9.17) is 21.1 Å². The van der Waals surface area contributed by atoms with Crippen LogP contribution in [0.1, 0.15) is 15.9 Å². The summed E-state index contributed by atoms with van der Waals surface area (Å²) in [7, 11) is 1.38. The molecular formula is C16H12ClFO3. The molecule has 3 rings (SSSR count). The Morgan fingerprint density at radius 2 is 2.10 bits per heavy atom. The molecular weight excluding hydrogens is 295 g/mol. The highest BCUT2D eigenvalue weighted by molar-refractivity contribution is 6.33. The van der Waals surface area contributed by atoms with E-state index in [1.165, 1.54) is 19.2 Å². The second-order valence-corrected chi connectivity index (χ2v) is 5.07. The van der Waals surface area contributed by atoms with E-state index in [0.717, 1.165) is 5.56 Å². The number of methoxy groups -OCH3 is 1. The number of fused-ring (bicyclic) bond motifs is 1. The summed E-state index contributed by atoms with van der Waals surface area (Å²) in [6, 6.07) is 6.35. The van der Waals surface area contributed by atoms with Gasteiger partial charge in [0.15, 0.2) is 17.9 Å². The number of carbonyl (C=O) groups excluding carboxylic acids is 1. The summed E-state index contributed by atoms with van der Waals surface area (Å²) in [5.74, 6) is 0.154. The van der Waals surface area contributed by atoms with Gasteiger partial charge in [-0.3, -0.25) is 4.79 Å². The maximum atomic E-state index is 14.7. The predicted molar refractivity (Wildman–Crippen MR) is 78.0 cm³/mol. The van der Waals surface area contributed by atoms with Crippen molar-refractivity contribution in [3.63, 3.8) is 0 Å². The Kier molecular flexibility index (Phi) is 3.55. The van der Waals surface area contributed by atoms with Crippen molar-refractivity contribution in [1.82, 2.24) is 0 Å². The van der Waals surface area contributed by atoms with Gasteiger partial charge in [-0.05, 0) is 24.3 Å². The van der Waals surface area contributed by atoms with E-state index < -0.39 is 5.82 Å². The molecule has 0 N–H and O–H groups in total. The van der Waals surface area contributed by atoms with Crippen LogP contribution in [-0.2, 0) is 6.42 Å². The average molecular weight is 307 g/mol. The summed E-state index contributed by atoms with van der Waals surface area (Å²) in [6.07, 6.45) is 1.24. The molecule has 0 saturated carbocycles. The Morgan fingerprint density at radius 3 is 2.81 bits per heavy atom. The van der Waals surface area contributed by atoms with Gasteiger partial charge in [-0.25, -0.2) is 4.39 Å². The van der Waals surface area contributed by atoms with E-state index in [-0.39, 0.29) is 16.9 Å². The summed E-state index contributed by atoms with van der Waals surface area (Å²) in [5.41, 5.74) is 1.72. The minimum atomic E-state index is -0.593. The topological polar surface area (TPSA) is 35.5 Å². The summed E-state index contributed by atoms with van der Waals surface area (Å²) in [6.45, 7) is 0.519. The molecule has 0 fully saturated rings. The van der Waals surface area contributed by atoms with E-state index in [2.05, 4.69) is 0 Å². The highest BCUT2D eigenvalue weighted by Gasteiger charge is 2.25. The fourth-order valence-corrected chi connectivity index (χ4v) is 2.87. The van der Waals surface area contributed by atoms with E-state index in [1.54, 1.807) is 12.1 Å². The van der Waals surface area contributed by atoms with Crippen molar-refractivity contribution in [3.8, 4) is 22.6 Å². The number of hydrogen-bond donors (Lipinski definition) is 0. The largest absolute Gasteiger partial charge is 0.494 e. The van der Waals surface area contributed by atoms with Gasteiger partial charge in [0.2, 0.25) is 0 Å². The zero-order chi connectivity index (χ0) is 15.0. The Labute approximate surface area is 126 Å². The number of aldehydes is 1. The van der Waals surface area contributed by atoms with Gasteiger partial charge >= 0.3 is 0 Å². The number of carbonyl (C=O) groups is 1. The fraction of sp³-hybridized carbons (Fsp3) is 0.188. The second-order valence-electron chi connectivity index (χ2n) is 4.66. The first-order valence-electron chi connectivity index (χ1n) is 6.43. The molecule has 5 heteroatoms. The lowest BCUT2D eigenvalue weighted by Crippen LogP contribution is -1.99. The number of ether oxygens (including phenoxy) is 2. The predicted octanol–water partition coefficient (Wildman–Crippen LogP) is 3.90. The Morgan fingerprint density at radius 1 is 1.29 bits per heavy atom. The first kappa shape index (κ1) is 13.9. The van der Waals surface area contributed by atoms with Gasteiger partial charge in [0.25, 0.3) is 0 Å². The number of rotatable bonds is 3. The molecule has 21 heavy (non-hydrogen) atoms. The van der Waals surface area contributed by atoms with Crippen LogP contribution in [0.2, 0.25) is 5.02 Å². The maximum Gasteiger partial charge on any atom is 0.173 e. The first-order valence-corrected chi connectivity index (χ1v) is 6.81. The number of hydrogen-bond acceptors (Lipinski definition) is 3. The Hall–Kier alpha value is -2.07. The molecule has 0 amide bonds. The van der Waals surface area contributed by atoms with Crippen LogP contribution in [0, 0.1) is 5.82 Å². The van der Waals surface area contributed by atoms with E-state index in [0.29, 0.717) is 35.6 Å². The molecule has 0 aromatic heterocycles. The summed E-state index contributed by atoms with van der Waals surface area (Å²) >= 11 is 6.26. The van der Waals surface area contributed by atoms with Crippen molar-refractivity contribution in [1.29, 1.82) is 0 Å². The molecule has 3 nitrogen and oxygen atoms in total. The van der Waals surface area contributed by atoms with Gasteiger partial charge < -0.3 is 9.47 Å². The van der Waals surface area contributed by atoms with Crippen LogP contribution in [0.25, 0.3) is 11.1 Å². The zero-order valence-electron chi connectivity index (χ0n) is 11.3. The number of benzene rings is 2. The van der Waals surface area contributed by atoms with Crippen molar-refractivity contribution in [2.24, 2.45) is 0 Å². The summed E-state index contributed by atoms with van der Waals surface area (Å²) < 4.78 is 25.2. The Balaban J connectivity index is 2.36. The van der Waals surface area contributed by atoms with Crippen molar-refractivity contribution >= 4 is 17.9 Å². The van der Waals surface area contributed by atoms with Crippen molar-refractivity contribution < 1.29 is 18.7 Å². The monoisotopic (exact) mass is 306 g/mol. The normalized spacial score (nSPS) is 12.7. The molecule has 0 atom stereocenters. The van der Waals surface area contributed by atoms with Crippen molar-refractivity contribution in [2.75, 3.05) is 13.7 Å². The minimum Gasteiger partial charge on any atom is -0.494 e. The van der Waals surface area contributed by atoms with Crippen LogP contribution in [0.3, 0.4) is 0 Å². The molecule has 0 saturated heterocycles. The van der Waals surface area contributed by atoms with Crippen LogP contribution in [0.4, 0.5) is 4.39 Å². The van der Waals surface area contributed by atoms with Crippen LogP contribution in [0.5, 0.6) is 11.5 Å². The van der Waals surface area contributed by atoms with Crippen LogP contribution in [-0.4, -0.2) is 20.0 Å². The molecule has 1 aliphatic heterocycles. The number of halogens is 2. The van der Waals surface area contributed by atoms with Crippen molar-refractivity contribution in [2.45, 2.75) is 6.42 Å². The van der Waals surface area contributed by atoms with E-state index in [9.17, 15) is 9.18 Å². The smallest absolute Gasteiger partial charge is 0.173 e. The average Bonchev–Trinajstić information content (AvgIpc) is 2.96. The second kappa shape index (κ2) is 5.37.